The third-order valence-electron chi connectivity index (χ3n) is 1.59. The van der Waals surface area contributed by atoms with Crippen molar-refractivity contribution in [3.63, 3.8) is 0 Å². The van der Waals surface area contributed by atoms with Crippen LogP contribution >= 0.6 is 0 Å². The summed E-state index contributed by atoms with van der Waals surface area (Å²) in [6.45, 7) is 3.50. The highest BCUT2D eigenvalue weighted by atomic mass is 32.2. The zero-order valence-corrected chi connectivity index (χ0v) is 9.63. The van der Waals surface area contributed by atoms with E-state index < -0.39 is 16.0 Å². The normalized spacial score (nSPS) is 11.7. The molecule has 14 heavy (non-hydrogen) atoms. The molecule has 0 radical (unpaired) electrons. The number of sulfonamides is 1. The van der Waals surface area contributed by atoms with Crippen molar-refractivity contribution in [1.82, 2.24) is 4.31 Å². The topological polar surface area (TPSA) is 63.7 Å². The van der Waals surface area contributed by atoms with E-state index in [1.807, 2.05) is 0 Å². The molecule has 0 N–H and O–H groups in total. The average Bonchev–Trinajstić information content (AvgIpc) is 2.04. The van der Waals surface area contributed by atoms with Crippen LogP contribution in [0.25, 0.3) is 0 Å². The Balaban J connectivity index is 4.20. The molecule has 5 nitrogen and oxygen atoms in total. The molecule has 0 aliphatic rings. The molecule has 0 bridgehead atoms. The molecule has 0 fully saturated rings. The molecule has 0 aromatic carbocycles. The molecule has 0 aromatic heterocycles. The van der Waals surface area contributed by atoms with Crippen molar-refractivity contribution >= 4 is 16.0 Å². The van der Waals surface area contributed by atoms with Gasteiger partial charge in [0, 0.05) is 7.05 Å². The Kier molecular flexibility index (Phi) is 5.71. The number of nitrogens with zero attached hydrogens (tertiary/aromatic N) is 1. The van der Waals surface area contributed by atoms with Gasteiger partial charge in [-0.15, -0.1) is 0 Å². The Hall–Kier alpha value is -0.620. The van der Waals surface area contributed by atoms with Crippen LogP contribution in [0.1, 0.15) is 20.3 Å². The van der Waals surface area contributed by atoms with Gasteiger partial charge in [0.15, 0.2) is 0 Å². The summed E-state index contributed by atoms with van der Waals surface area (Å²) >= 11 is 0. The van der Waals surface area contributed by atoms with E-state index in [0.717, 1.165) is 4.31 Å². The van der Waals surface area contributed by atoms with Gasteiger partial charge in [-0.2, -0.15) is 4.31 Å². The minimum atomic E-state index is -3.29. The summed E-state index contributed by atoms with van der Waals surface area (Å²) in [6.07, 6.45) is 0.537. The maximum absolute atomic E-state index is 11.4. The van der Waals surface area contributed by atoms with Crippen LogP contribution in [0.2, 0.25) is 0 Å². The predicted molar refractivity (Wildman–Crippen MR) is 53.3 cm³/mol. The van der Waals surface area contributed by atoms with Gasteiger partial charge in [0.25, 0.3) is 0 Å². The van der Waals surface area contributed by atoms with Gasteiger partial charge in [0.05, 0.1) is 12.4 Å². The zero-order chi connectivity index (χ0) is 11.2. The van der Waals surface area contributed by atoms with Gasteiger partial charge in [-0.1, -0.05) is 6.92 Å². The highest BCUT2D eigenvalue weighted by Gasteiger charge is 2.19. The molecule has 0 atom stereocenters. The van der Waals surface area contributed by atoms with Gasteiger partial charge in [-0.3, -0.25) is 4.79 Å². The van der Waals surface area contributed by atoms with Crippen LogP contribution in [0.15, 0.2) is 0 Å². The highest BCUT2D eigenvalue weighted by molar-refractivity contribution is 7.89. The molecule has 0 rings (SSSR count). The van der Waals surface area contributed by atoms with Crippen LogP contribution in [-0.4, -0.2) is 44.6 Å². The average molecular weight is 223 g/mol. The van der Waals surface area contributed by atoms with Crippen LogP contribution in [0.4, 0.5) is 0 Å². The van der Waals surface area contributed by atoms with E-state index in [0.29, 0.717) is 6.42 Å². The molecule has 0 saturated carbocycles. The minimum Gasteiger partial charge on any atom is -0.465 e. The Morgan fingerprint density at radius 3 is 2.36 bits per heavy atom. The standard InChI is InChI=1S/C8H17NO4S/c1-4-6-14(11,12)9(3)7-8(10)13-5-2/h4-7H2,1-3H3. The Morgan fingerprint density at radius 2 is 1.93 bits per heavy atom. The smallest absolute Gasteiger partial charge is 0.321 e. The molecular weight excluding hydrogens is 206 g/mol. The van der Waals surface area contributed by atoms with E-state index in [1.54, 1.807) is 13.8 Å². The van der Waals surface area contributed by atoms with Crippen molar-refractivity contribution in [2.45, 2.75) is 20.3 Å². The molecule has 0 aliphatic carbocycles. The number of carbonyl (C=O) groups excluding carboxylic acids is 1. The number of esters is 1. The largest absolute Gasteiger partial charge is 0.465 e. The Labute approximate surface area is 85.1 Å². The second kappa shape index (κ2) is 5.98. The van der Waals surface area contributed by atoms with Crippen LogP contribution < -0.4 is 0 Å². The first-order valence-corrected chi connectivity index (χ1v) is 6.14. The lowest BCUT2D eigenvalue weighted by Crippen LogP contribution is -2.34. The van der Waals surface area contributed by atoms with Crippen molar-refractivity contribution in [2.24, 2.45) is 0 Å². The fourth-order valence-corrected chi connectivity index (χ4v) is 2.03. The molecule has 0 aromatic rings. The quantitative estimate of drug-likeness (QED) is 0.604. The SMILES string of the molecule is CCCS(=O)(=O)N(C)CC(=O)OCC. The minimum absolute atomic E-state index is 0.0584. The van der Waals surface area contributed by atoms with Crippen molar-refractivity contribution in [1.29, 1.82) is 0 Å². The highest BCUT2D eigenvalue weighted by Crippen LogP contribution is 2.00. The fraction of sp³-hybridized carbons (Fsp3) is 0.875. The lowest BCUT2D eigenvalue weighted by Gasteiger charge is -2.15. The maximum atomic E-state index is 11.4. The fourth-order valence-electron chi connectivity index (χ4n) is 0.901. The lowest BCUT2D eigenvalue weighted by molar-refractivity contribution is -0.143. The van der Waals surface area contributed by atoms with E-state index in [1.165, 1.54) is 7.05 Å². The predicted octanol–water partition coefficient (Wildman–Crippen LogP) is 0.221. The number of likely N-dealkylation sites (N-methyl/N-ethyl adjacent to an activating group) is 1. The zero-order valence-electron chi connectivity index (χ0n) is 8.82. The van der Waals surface area contributed by atoms with Crippen LogP contribution in [0, 0.1) is 0 Å². The Bertz CT molecular complexity index is 273. The van der Waals surface area contributed by atoms with E-state index in [2.05, 4.69) is 4.74 Å². The number of hydrogen-bond donors (Lipinski definition) is 0. The molecule has 6 heteroatoms. The van der Waals surface area contributed by atoms with Gasteiger partial charge in [0.2, 0.25) is 10.0 Å². The summed E-state index contributed by atoms with van der Waals surface area (Å²) < 4.78 is 28.4. The molecule has 0 spiro atoms. The van der Waals surface area contributed by atoms with Crippen LogP contribution in [0.5, 0.6) is 0 Å². The number of ether oxygens (including phenoxy) is 1. The van der Waals surface area contributed by atoms with Crippen molar-refractivity contribution in [2.75, 3.05) is 26.0 Å². The molecule has 84 valence electrons. The molecule has 0 heterocycles. The molecule has 0 unspecified atom stereocenters. The van der Waals surface area contributed by atoms with Gasteiger partial charge >= 0.3 is 5.97 Å². The first kappa shape index (κ1) is 13.4. The van der Waals surface area contributed by atoms with E-state index in [4.69, 9.17) is 0 Å². The summed E-state index contributed by atoms with van der Waals surface area (Å²) in [6, 6.07) is 0. The molecule has 0 saturated heterocycles. The van der Waals surface area contributed by atoms with Crippen molar-refractivity contribution in [3.05, 3.63) is 0 Å². The van der Waals surface area contributed by atoms with Crippen LogP contribution in [-0.2, 0) is 19.6 Å². The summed E-state index contributed by atoms with van der Waals surface area (Å²) in [4.78, 5) is 11.0. The second-order valence-electron chi connectivity index (χ2n) is 2.88. The van der Waals surface area contributed by atoms with E-state index in [9.17, 15) is 13.2 Å². The van der Waals surface area contributed by atoms with Gasteiger partial charge < -0.3 is 4.74 Å². The third-order valence-corrected chi connectivity index (χ3v) is 3.60. The number of carbonyl (C=O) groups is 1. The summed E-state index contributed by atoms with van der Waals surface area (Å²) in [7, 11) is -1.91. The van der Waals surface area contributed by atoms with Crippen molar-refractivity contribution in [3.8, 4) is 0 Å². The molecule has 0 aliphatic heterocycles. The van der Waals surface area contributed by atoms with Crippen molar-refractivity contribution < 1.29 is 17.9 Å². The summed E-state index contributed by atoms with van der Waals surface area (Å²) in [5.41, 5.74) is 0. The van der Waals surface area contributed by atoms with Gasteiger partial charge in [-0.05, 0) is 13.3 Å². The van der Waals surface area contributed by atoms with E-state index in [-0.39, 0.29) is 18.9 Å². The monoisotopic (exact) mass is 223 g/mol. The third kappa shape index (κ3) is 4.57. The molecule has 0 amide bonds. The summed E-state index contributed by atoms with van der Waals surface area (Å²) in [5, 5.41) is 0. The number of rotatable bonds is 6. The molecular formula is C8H17NO4S. The first-order valence-electron chi connectivity index (χ1n) is 4.53. The van der Waals surface area contributed by atoms with E-state index >= 15 is 0 Å². The second-order valence-corrected chi connectivity index (χ2v) is 5.07. The van der Waals surface area contributed by atoms with Crippen LogP contribution in [0.3, 0.4) is 0 Å². The van der Waals surface area contributed by atoms with Gasteiger partial charge in [0.1, 0.15) is 6.54 Å². The first-order chi connectivity index (χ1) is 6.44. The Morgan fingerprint density at radius 1 is 1.36 bits per heavy atom. The van der Waals surface area contributed by atoms with Gasteiger partial charge in [-0.25, -0.2) is 8.42 Å². The maximum Gasteiger partial charge on any atom is 0.321 e. The lowest BCUT2D eigenvalue weighted by atomic mass is 10.6. The summed E-state index contributed by atoms with van der Waals surface area (Å²) in [5.74, 6) is -0.460. The number of hydrogen-bond acceptors (Lipinski definition) is 4.